The maximum Gasteiger partial charge on any atom is 0.256 e. The van der Waals surface area contributed by atoms with Crippen LogP contribution in [0.15, 0.2) is 12.4 Å². The average Bonchev–Trinajstić information content (AvgIpc) is 3.47. The minimum absolute atomic E-state index is 1.23. The Morgan fingerprint density at radius 1 is 0.362 bits per heavy atom. The normalized spacial score (nSPS) is 11.6. The van der Waals surface area contributed by atoms with Gasteiger partial charge in [0.1, 0.15) is 12.4 Å². The number of rotatable bonds is 39. The minimum atomic E-state index is 1.23. The lowest BCUT2D eigenvalue weighted by molar-refractivity contribution is -0.704. The molecule has 47 heavy (non-hydrogen) atoms. The molecule has 0 unspecified atom stereocenters. The summed E-state index contributed by atoms with van der Waals surface area (Å²) < 4.78 is 5.30. The largest absolute Gasteiger partial charge is 0.256 e. The number of hydrogen-bond donors (Lipinski definition) is 0. The van der Waals surface area contributed by atoms with Gasteiger partial charge in [0, 0.05) is 6.42 Å². The van der Waals surface area contributed by atoms with E-state index in [0.29, 0.717) is 0 Å². The van der Waals surface area contributed by atoms with Crippen molar-refractivity contribution in [3.8, 4) is 0 Å². The van der Waals surface area contributed by atoms with Gasteiger partial charge in [0.25, 0.3) is 5.82 Å². The first-order valence-corrected chi connectivity index (χ1v) is 22.4. The summed E-state index contributed by atoms with van der Waals surface area (Å²) in [7, 11) is 0. The summed E-state index contributed by atoms with van der Waals surface area (Å²) >= 11 is 0. The Kier molecular flexibility index (Phi) is 34.3. The molecule has 0 aromatic carbocycles. The summed E-state index contributed by atoms with van der Waals surface area (Å²) in [5.74, 6) is 1.63. The molecule has 1 aromatic heterocycles. The van der Waals surface area contributed by atoms with E-state index in [-0.39, 0.29) is 0 Å². The third-order valence-corrected chi connectivity index (χ3v) is 10.8. The van der Waals surface area contributed by atoms with Crippen molar-refractivity contribution in [3.05, 3.63) is 18.2 Å². The molecule has 0 aliphatic rings. The molecule has 1 rings (SSSR count). The van der Waals surface area contributed by atoms with Crippen molar-refractivity contribution in [2.45, 2.75) is 271 Å². The second-order valence-electron chi connectivity index (χ2n) is 15.5. The molecule has 0 saturated heterocycles. The zero-order chi connectivity index (χ0) is 33.7. The molecule has 0 saturated carbocycles. The van der Waals surface area contributed by atoms with Gasteiger partial charge < -0.3 is 0 Å². The molecule has 0 N–H and O–H groups in total. The summed E-state index contributed by atoms with van der Waals surface area (Å²) in [6.45, 7) is 9.41. The summed E-state index contributed by atoms with van der Waals surface area (Å²) in [4.78, 5) is 0. The molecular formula is C45H89N2+. The molecule has 1 heterocycles. The maximum atomic E-state index is 2.65. The zero-order valence-electron chi connectivity index (χ0n) is 33.1. The fourth-order valence-electron chi connectivity index (χ4n) is 7.56. The van der Waals surface area contributed by atoms with E-state index in [4.69, 9.17) is 0 Å². The Balaban J connectivity index is 2.29. The van der Waals surface area contributed by atoms with E-state index in [9.17, 15) is 0 Å². The highest BCUT2D eigenvalue weighted by molar-refractivity contribution is 4.84. The van der Waals surface area contributed by atoms with Gasteiger partial charge in [-0.05, 0) is 32.1 Å². The fraction of sp³-hybridized carbons (Fsp3) is 0.933. The Labute approximate surface area is 298 Å². The van der Waals surface area contributed by atoms with Crippen LogP contribution >= 0.6 is 0 Å². The van der Waals surface area contributed by atoms with Crippen LogP contribution in [-0.2, 0) is 19.5 Å². The van der Waals surface area contributed by atoms with Crippen LogP contribution in [0.2, 0.25) is 0 Å². The Hall–Kier alpha value is -0.790. The molecule has 278 valence electrons. The van der Waals surface area contributed by atoms with Gasteiger partial charge in [-0.3, -0.25) is 0 Å². The van der Waals surface area contributed by atoms with Crippen molar-refractivity contribution in [1.29, 1.82) is 0 Å². The number of unbranched alkanes of at least 4 members (excludes halogenated alkanes) is 33. The van der Waals surface area contributed by atoms with Gasteiger partial charge in [0.05, 0.1) is 13.1 Å². The molecule has 0 amide bonds. The first-order valence-electron chi connectivity index (χ1n) is 22.4. The molecule has 0 bridgehead atoms. The van der Waals surface area contributed by atoms with Crippen molar-refractivity contribution in [1.82, 2.24) is 4.57 Å². The topological polar surface area (TPSA) is 8.81 Å². The maximum absolute atomic E-state index is 2.65. The quantitative estimate of drug-likeness (QED) is 0.0492. The van der Waals surface area contributed by atoms with E-state index in [1.807, 2.05) is 0 Å². The predicted molar refractivity (Wildman–Crippen MR) is 212 cm³/mol. The van der Waals surface area contributed by atoms with Crippen molar-refractivity contribution in [3.63, 3.8) is 0 Å². The van der Waals surface area contributed by atoms with Crippen LogP contribution in [0.4, 0.5) is 0 Å². The number of nitrogens with zero attached hydrogens (tertiary/aromatic N) is 2. The van der Waals surface area contributed by atoms with Crippen molar-refractivity contribution in [2.75, 3.05) is 0 Å². The lowest BCUT2D eigenvalue weighted by atomic mass is 10.0. The van der Waals surface area contributed by atoms with Gasteiger partial charge in [-0.2, -0.15) is 0 Å². The van der Waals surface area contributed by atoms with Crippen LogP contribution < -0.4 is 4.57 Å². The predicted octanol–water partition coefficient (Wildman–Crippen LogP) is 15.4. The molecule has 0 spiro atoms. The van der Waals surface area contributed by atoms with E-state index < -0.39 is 0 Å². The van der Waals surface area contributed by atoms with Crippen LogP contribution in [0.3, 0.4) is 0 Å². The SMILES string of the molecule is CCCCCCCCCCCCCCc1n(CCCCCCCCCCCCCC)cc[n+]1CCCCCCCCCCCCCC. The molecule has 0 atom stereocenters. The van der Waals surface area contributed by atoms with Crippen molar-refractivity contribution >= 4 is 0 Å². The summed E-state index contributed by atoms with van der Waals surface area (Å²) in [5.41, 5.74) is 0. The monoisotopic (exact) mass is 658 g/mol. The molecule has 2 heteroatoms. The Bertz CT molecular complexity index is 676. The Morgan fingerprint density at radius 3 is 1.02 bits per heavy atom. The van der Waals surface area contributed by atoms with Crippen molar-refractivity contribution in [2.24, 2.45) is 0 Å². The molecular weight excluding hydrogens is 569 g/mol. The first kappa shape index (κ1) is 44.2. The van der Waals surface area contributed by atoms with E-state index in [2.05, 4.69) is 42.3 Å². The van der Waals surface area contributed by atoms with Gasteiger partial charge in [-0.15, -0.1) is 0 Å². The third-order valence-electron chi connectivity index (χ3n) is 10.8. The van der Waals surface area contributed by atoms with Gasteiger partial charge in [-0.1, -0.05) is 220 Å². The van der Waals surface area contributed by atoms with Gasteiger partial charge in [0.15, 0.2) is 0 Å². The number of hydrogen-bond acceptors (Lipinski definition) is 0. The molecule has 0 fully saturated rings. The zero-order valence-corrected chi connectivity index (χ0v) is 33.1. The molecule has 1 aromatic rings. The molecule has 0 radical (unpaired) electrons. The summed E-state index contributed by atoms with van der Waals surface area (Å²) in [6.07, 6.45) is 57.8. The summed E-state index contributed by atoms with van der Waals surface area (Å²) in [6, 6.07) is 0. The molecule has 0 aliphatic heterocycles. The van der Waals surface area contributed by atoms with Gasteiger partial charge in [-0.25, -0.2) is 9.13 Å². The van der Waals surface area contributed by atoms with E-state index in [1.54, 1.807) is 5.82 Å². The standard InChI is InChI=1S/C45H89N2/c1-4-7-10-13-16-19-22-25-28-31-34-37-40-45-46(41-38-35-32-29-26-23-20-17-14-11-8-5-2)43-44-47(45)42-39-36-33-30-27-24-21-18-15-12-9-6-3/h43-44H,4-42H2,1-3H3/q+1. The van der Waals surface area contributed by atoms with Gasteiger partial charge in [0.2, 0.25) is 0 Å². The summed E-state index contributed by atoms with van der Waals surface area (Å²) in [5, 5.41) is 0. The molecule has 2 nitrogen and oxygen atoms in total. The number of imidazole rings is 1. The lowest BCUT2D eigenvalue weighted by Gasteiger charge is -2.07. The second kappa shape index (κ2) is 36.5. The Morgan fingerprint density at radius 2 is 0.660 bits per heavy atom. The highest BCUT2D eigenvalue weighted by Gasteiger charge is 2.16. The second-order valence-corrected chi connectivity index (χ2v) is 15.5. The van der Waals surface area contributed by atoms with Crippen LogP contribution in [0.1, 0.15) is 258 Å². The van der Waals surface area contributed by atoms with Crippen LogP contribution in [0, 0.1) is 0 Å². The highest BCUT2D eigenvalue weighted by atomic mass is 15.1. The first-order chi connectivity index (χ1) is 23.3. The third kappa shape index (κ3) is 28.7. The molecule has 0 aliphatic carbocycles. The van der Waals surface area contributed by atoms with Crippen LogP contribution in [-0.4, -0.2) is 4.57 Å². The fourth-order valence-corrected chi connectivity index (χ4v) is 7.56. The average molecular weight is 658 g/mol. The minimum Gasteiger partial charge on any atom is -0.234 e. The van der Waals surface area contributed by atoms with Gasteiger partial charge >= 0.3 is 0 Å². The van der Waals surface area contributed by atoms with Crippen LogP contribution in [0.25, 0.3) is 0 Å². The van der Waals surface area contributed by atoms with Crippen LogP contribution in [0.5, 0.6) is 0 Å². The van der Waals surface area contributed by atoms with E-state index >= 15 is 0 Å². The number of aryl methyl sites for hydroxylation is 2. The van der Waals surface area contributed by atoms with E-state index in [1.165, 1.54) is 251 Å². The number of aromatic nitrogens is 2. The van der Waals surface area contributed by atoms with Crippen molar-refractivity contribution < 1.29 is 4.57 Å². The highest BCUT2D eigenvalue weighted by Crippen LogP contribution is 2.16. The smallest absolute Gasteiger partial charge is 0.234 e. The lowest BCUT2D eigenvalue weighted by Crippen LogP contribution is -2.37. The van der Waals surface area contributed by atoms with E-state index in [0.717, 1.165) is 0 Å².